The summed E-state index contributed by atoms with van der Waals surface area (Å²) in [5.41, 5.74) is 0. The first kappa shape index (κ1) is 10.0. The van der Waals surface area contributed by atoms with Crippen molar-refractivity contribution in [3.8, 4) is 0 Å². The van der Waals surface area contributed by atoms with E-state index in [0.717, 1.165) is 12.2 Å². The Morgan fingerprint density at radius 1 is 1.22 bits per heavy atom. The van der Waals surface area contributed by atoms with E-state index in [1.165, 1.54) is 6.42 Å². The van der Waals surface area contributed by atoms with Gasteiger partial charge in [0.15, 0.2) is 0 Å². The molecule has 0 aliphatic rings. The van der Waals surface area contributed by atoms with Crippen LogP contribution in [0, 0.1) is 0 Å². The standard InChI is InChI=1S/C6H14S3/c1-2-3-5(8)6(9)4-7/h5-9H,2-4H2,1H3. The van der Waals surface area contributed by atoms with E-state index in [-0.39, 0.29) is 0 Å². The Balaban J connectivity index is 3.32. The predicted octanol–water partition coefficient (Wildman–Crippen LogP) is 2.31. The third-order valence-corrected chi connectivity index (χ3v) is 3.29. The lowest BCUT2D eigenvalue weighted by atomic mass is 10.2. The second kappa shape index (κ2) is 5.81. The molecule has 0 spiro atoms. The molecular formula is C6H14S3. The lowest BCUT2D eigenvalue weighted by molar-refractivity contribution is 0.741. The Kier molecular flexibility index (Phi) is 6.48. The van der Waals surface area contributed by atoms with Crippen LogP contribution in [0.3, 0.4) is 0 Å². The fourth-order valence-corrected chi connectivity index (χ4v) is 1.54. The maximum absolute atomic E-state index is 4.36. The zero-order valence-corrected chi connectivity index (χ0v) is 8.30. The van der Waals surface area contributed by atoms with Gasteiger partial charge in [0, 0.05) is 16.3 Å². The van der Waals surface area contributed by atoms with E-state index in [0.29, 0.717) is 10.5 Å². The molecule has 0 aromatic carbocycles. The van der Waals surface area contributed by atoms with Crippen molar-refractivity contribution in [1.29, 1.82) is 0 Å². The summed E-state index contributed by atoms with van der Waals surface area (Å²) >= 11 is 12.8. The van der Waals surface area contributed by atoms with Crippen LogP contribution in [-0.4, -0.2) is 16.3 Å². The molecule has 56 valence electrons. The molecule has 3 heteroatoms. The Morgan fingerprint density at radius 3 is 2.11 bits per heavy atom. The Morgan fingerprint density at radius 2 is 1.78 bits per heavy atom. The third-order valence-electron chi connectivity index (χ3n) is 1.22. The molecule has 0 aromatic heterocycles. The highest BCUT2D eigenvalue weighted by molar-refractivity contribution is 7.87. The maximum Gasteiger partial charge on any atom is 0.0221 e. The summed E-state index contributed by atoms with van der Waals surface area (Å²) in [7, 11) is 0. The van der Waals surface area contributed by atoms with Crippen molar-refractivity contribution in [2.24, 2.45) is 0 Å². The van der Waals surface area contributed by atoms with Gasteiger partial charge in [0.2, 0.25) is 0 Å². The topological polar surface area (TPSA) is 0 Å². The smallest absolute Gasteiger partial charge is 0.0221 e. The zero-order chi connectivity index (χ0) is 7.28. The van der Waals surface area contributed by atoms with E-state index in [4.69, 9.17) is 0 Å². The minimum atomic E-state index is 0.344. The van der Waals surface area contributed by atoms with Crippen LogP contribution in [0.25, 0.3) is 0 Å². The molecule has 2 unspecified atom stereocenters. The molecule has 0 aromatic rings. The van der Waals surface area contributed by atoms with Gasteiger partial charge in [-0.2, -0.15) is 37.9 Å². The Labute approximate surface area is 74.0 Å². The second-order valence-corrected chi connectivity index (χ2v) is 3.80. The highest BCUT2D eigenvalue weighted by Crippen LogP contribution is 2.15. The summed E-state index contributed by atoms with van der Waals surface area (Å²) in [5, 5.41) is 0.757. The van der Waals surface area contributed by atoms with Crippen LogP contribution in [0.15, 0.2) is 0 Å². The lowest BCUT2D eigenvalue weighted by Crippen LogP contribution is -2.16. The highest BCUT2D eigenvalue weighted by Gasteiger charge is 2.09. The molecule has 0 aliphatic heterocycles. The highest BCUT2D eigenvalue weighted by atomic mass is 32.1. The van der Waals surface area contributed by atoms with Crippen LogP contribution in [0.4, 0.5) is 0 Å². The van der Waals surface area contributed by atoms with Crippen molar-refractivity contribution in [1.82, 2.24) is 0 Å². The summed E-state index contributed by atoms with van der Waals surface area (Å²) in [6, 6.07) is 0. The van der Waals surface area contributed by atoms with Crippen LogP contribution < -0.4 is 0 Å². The molecule has 0 amide bonds. The molecular weight excluding hydrogens is 168 g/mol. The quantitative estimate of drug-likeness (QED) is 0.546. The van der Waals surface area contributed by atoms with Crippen LogP contribution in [0.1, 0.15) is 19.8 Å². The average molecular weight is 182 g/mol. The van der Waals surface area contributed by atoms with Crippen molar-refractivity contribution in [3.05, 3.63) is 0 Å². The van der Waals surface area contributed by atoms with Gasteiger partial charge < -0.3 is 0 Å². The minimum Gasteiger partial charge on any atom is -0.178 e. The van der Waals surface area contributed by atoms with Gasteiger partial charge in [-0.05, 0) is 6.42 Å². The van der Waals surface area contributed by atoms with E-state index in [1.807, 2.05) is 0 Å². The van der Waals surface area contributed by atoms with Gasteiger partial charge in [-0.3, -0.25) is 0 Å². The van der Waals surface area contributed by atoms with Crippen molar-refractivity contribution in [2.45, 2.75) is 30.3 Å². The molecule has 0 N–H and O–H groups in total. The normalized spacial score (nSPS) is 17.3. The lowest BCUT2D eigenvalue weighted by Gasteiger charge is -2.14. The first-order chi connectivity index (χ1) is 4.22. The second-order valence-electron chi connectivity index (χ2n) is 2.11. The molecule has 0 bridgehead atoms. The van der Waals surface area contributed by atoms with Gasteiger partial charge in [-0.15, -0.1) is 0 Å². The molecule has 0 aliphatic carbocycles. The zero-order valence-electron chi connectivity index (χ0n) is 5.62. The van der Waals surface area contributed by atoms with Gasteiger partial charge in [-0.1, -0.05) is 13.3 Å². The summed E-state index contributed by atoms with van der Waals surface area (Å²) < 4.78 is 0. The SMILES string of the molecule is CCCC(S)C(S)CS. The van der Waals surface area contributed by atoms with Gasteiger partial charge in [0.05, 0.1) is 0 Å². The molecule has 0 nitrogen and oxygen atoms in total. The van der Waals surface area contributed by atoms with Gasteiger partial charge >= 0.3 is 0 Å². The summed E-state index contributed by atoms with van der Waals surface area (Å²) in [4.78, 5) is 0. The summed E-state index contributed by atoms with van der Waals surface area (Å²) in [6.07, 6.45) is 2.32. The van der Waals surface area contributed by atoms with Crippen LogP contribution in [0.2, 0.25) is 0 Å². The van der Waals surface area contributed by atoms with Gasteiger partial charge in [-0.25, -0.2) is 0 Å². The maximum atomic E-state index is 4.36. The van der Waals surface area contributed by atoms with E-state index in [1.54, 1.807) is 0 Å². The average Bonchev–Trinajstić information content (AvgIpc) is 1.87. The summed E-state index contributed by atoms with van der Waals surface area (Å²) in [6.45, 7) is 2.15. The van der Waals surface area contributed by atoms with E-state index in [9.17, 15) is 0 Å². The molecule has 9 heavy (non-hydrogen) atoms. The largest absolute Gasteiger partial charge is 0.178 e. The molecule has 0 radical (unpaired) electrons. The first-order valence-electron chi connectivity index (χ1n) is 3.19. The van der Waals surface area contributed by atoms with E-state index < -0.39 is 0 Å². The molecule has 0 rings (SSSR count). The van der Waals surface area contributed by atoms with Crippen molar-refractivity contribution >= 4 is 37.9 Å². The molecule has 0 fully saturated rings. The fourth-order valence-electron chi connectivity index (χ4n) is 0.610. The monoisotopic (exact) mass is 182 g/mol. The van der Waals surface area contributed by atoms with Crippen molar-refractivity contribution < 1.29 is 0 Å². The number of hydrogen-bond donors (Lipinski definition) is 3. The van der Waals surface area contributed by atoms with Crippen molar-refractivity contribution in [2.75, 3.05) is 5.75 Å². The van der Waals surface area contributed by atoms with Crippen molar-refractivity contribution in [3.63, 3.8) is 0 Å². The fraction of sp³-hybridized carbons (Fsp3) is 1.00. The molecule has 2 atom stereocenters. The predicted molar refractivity (Wildman–Crippen MR) is 54.3 cm³/mol. The number of hydrogen-bond acceptors (Lipinski definition) is 3. The molecule has 0 saturated carbocycles. The van der Waals surface area contributed by atoms with E-state index in [2.05, 4.69) is 44.8 Å². The minimum absolute atomic E-state index is 0.344. The van der Waals surface area contributed by atoms with Gasteiger partial charge in [0.1, 0.15) is 0 Å². The van der Waals surface area contributed by atoms with Gasteiger partial charge in [0.25, 0.3) is 0 Å². The summed E-state index contributed by atoms with van der Waals surface area (Å²) in [5.74, 6) is 0.817. The Bertz CT molecular complexity index is 65.3. The molecule has 0 heterocycles. The third kappa shape index (κ3) is 4.45. The van der Waals surface area contributed by atoms with Crippen LogP contribution >= 0.6 is 37.9 Å². The number of thiol groups is 3. The van der Waals surface area contributed by atoms with E-state index >= 15 is 0 Å². The first-order valence-corrected chi connectivity index (χ1v) is 4.85. The Hall–Kier alpha value is 1.05. The number of rotatable bonds is 4. The van der Waals surface area contributed by atoms with Crippen LogP contribution in [-0.2, 0) is 0 Å². The molecule has 0 saturated heterocycles. The van der Waals surface area contributed by atoms with Crippen LogP contribution in [0.5, 0.6) is 0 Å².